The van der Waals surface area contributed by atoms with E-state index in [2.05, 4.69) is 37.8 Å². The van der Waals surface area contributed by atoms with Crippen LogP contribution in [-0.2, 0) is 4.79 Å². The fourth-order valence-corrected chi connectivity index (χ4v) is 7.30. The number of likely N-dealkylation sites (tertiary alicyclic amines) is 2. The van der Waals surface area contributed by atoms with Crippen LogP contribution in [0.25, 0.3) is 21.8 Å². The minimum atomic E-state index is -0.694. The Balaban J connectivity index is 1.42. The third kappa shape index (κ3) is 4.55. The quantitative estimate of drug-likeness (QED) is 0.523. The van der Waals surface area contributed by atoms with Crippen LogP contribution in [0.4, 0.5) is 0 Å². The third-order valence-electron chi connectivity index (χ3n) is 9.17. The molecule has 39 heavy (non-hydrogen) atoms. The van der Waals surface area contributed by atoms with E-state index in [4.69, 9.17) is 5.73 Å². The molecule has 2 aromatic heterocycles. The van der Waals surface area contributed by atoms with Gasteiger partial charge in [0.1, 0.15) is 0 Å². The van der Waals surface area contributed by atoms with Gasteiger partial charge in [-0.1, -0.05) is 12.1 Å². The topological polar surface area (TPSA) is 108 Å². The van der Waals surface area contributed by atoms with E-state index in [0.29, 0.717) is 24.6 Å². The molecule has 2 amide bonds. The highest BCUT2D eigenvalue weighted by Gasteiger charge is 2.48. The molecule has 9 heteroatoms. The normalized spacial score (nSPS) is 23.5. The highest BCUT2D eigenvalue weighted by atomic mass is 16.3. The molecule has 0 aliphatic carbocycles. The van der Waals surface area contributed by atoms with Crippen molar-refractivity contribution in [2.45, 2.75) is 57.5 Å². The van der Waals surface area contributed by atoms with E-state index in [0.717, 1.165) is 80.1 Å². The number of rotatable bonds is 5. The number of carbonyl (C=O) groups is 2. The molecule has 0 unspecified atom stereocenters. The molecule has 3 aliphatic heterocycles. The lowest BCUT2D eigenvalue weighted by Gasteiger charge is -2.41. The second-order valence-corrected chi connectivity index (χ2v) is 12.6. The summed E-state index contributed by atoms with van der Waals surface area (Å²) >= 11 is 0. The first-order chi connectivity index (χ1) is 18.6. The molecule has 0 radical (unpaired) electrons. The molecule has 3 aliphatic rings. The first-order valence-electron chi connectivity index (χ1n) is 14.2. The van der Waals surface area contributed by atoms with Crippen molar-refractivity contribution in [3.63, 3.8) is 0 Å². The number of β-amino-alcohol motifs (C(OH)–C–C–N with tert-alkyl or cyclic N) is 1. The predicted octanol–water partition coefficient (Wildman–Crippen LogP) is 2.82. The van der Waals surface area contributed by atoms with Crippen LogP contribution in [0.15, 0.2) is 30.6 Å². The summed E-state index contributed by atoms with van der Waals surface area (Å²) < 4.78 is 2.17. The van der Waals surface area contributed by atoms with E-state index in [-0.39, 0.29) is 11.3 Å². The summed E-state index contributed by atoms with van der Waals surface area (Å²) in [5.41, 5.74) is 8.28. The number of pyridine rings is 1. The van der Waals surface area contributed by atoms with Crippen molar-refractivity contribution in [2.75, 3.05) is 51.3 Å². The van der Waals surface area contributed by atoms with Crippen molar-refractivity contribution in [3.8, 4) is 0 Å². The monoisotopic (exact) mass is 532 g/mol. The van der Waals surface area contributed by atoms with Crippen molar-refractivity contribution in [1.29, 1.82) is 0 Å². The third-order valence-corrected chi connectivity index (χ3v) is 9.17. The number of piperidine rings is 2. The predicted molar refractivity (Wildman–Crippen MR) is 152 cm³/mol. The number of aliphatic hydroxyl groups is 1. The van der Waals surface area contributed by atoms with Gasteiger partial charge in [0, 0.05) is 56.4 Å². The second-order valence-electron chi connectivity index (χ2n) is 12.6. The summed E-state index contributed by atoms with van der Waals surface area (Å²) in [6.07, 6.45) is 8.11. The Kier molecular flexibility index (Phi) is 6.34. The summed E-state index contributed by atoms with van der Waals surface area (Å²) in [4.78, 5) is 34.4. The number of benzene rings is 1. The van der Waals surface area contributed by atoms with Crippen molar-refractivity contribution in [2.24, 2.45) is 11.1 Å². The molecule has 0 saturated carbocycles. The van der Waals surface area contributed by atoms with E-state index >= 15 is 0 Å². The van der Waals surface area contributed by atoms with Gasteiger partial charge in [-0.15, -0.1) is 0 Å². The molecule has 3 fully saturated rings. The van der Waals surface area contributed by atoms with Gasteiger partial charge in [-0.25, -0.2) is 0 Å². The summed E-state index contributed by atoms with van der Waals surface area (Å²) in [6.45, 7) is 8.53. The van der Waals surface area contributed by atoms with Gasteiger partial charge in [0.05, 0.1) is 27.6 Å². The Hall–Kier alpha value is -3.17. The highest BCUT2D eigenvalue weighted by Crippen LogP contribution is 2.41. The number of nitrogens with zero attached hydrogens (tertiary/aromatic N) is 5. The molecule has 3 saturated heterocycles. The van der Waals surface area contributed by atoms with Crippen LogP contribution in [0.5, 0.6) is 0 Å². The molecule has 0 bridgehead atoms. The molecular weight excluding hydrogens is 492 g/mol. The maximum Gasteiger partial charge on any atom is 0.252 e. The van der Waals surface area contributed by atoms with Crippen molar-refractivity contribution >= 4 is 33.6 Å². The largest absolute Gasteiger partial charge is 0.389 e. The first kappa shape index (κ1) is 26.1. The van der Waals surface area contributed by atoms with Crippen LogP contribution in [0.2, 0.25) is 0 Å². The van der Waals surface area contributed by atoms with Gasteiger partial charge < -0.3 is 25.6 Å². The van der Waals surface area contributed by atoms with Crippen LogP contribution in [0.3, 0.4) is 0 Å². The number of aromatic nitrogens is 2. The zero-order valence-electron chi connectivity index (χ0n) is 23.3. The van der Waals surface area contributed by atoms with Crippen molar-refractivity contribution < 1.29 is 14.7 Å². The fraction of sp³-hybridized carbons (Fsp3) is 0.567. The summed E-state index contributed by atoms with van der Waals surface area (Å²) in [5, 5.41) is 14.5. The Bertz CT molecular complexity index is 1430. The van der Waals surface area contributed by atoms with Gasteiger partial charge in [0.2, 0.25) is 5.91 Å². The smallest absolute Gasteiger partial charge is 0.252 e. The van der Waals surface area contributed by atoms with Gasteiger partial charge in [-0.2, -0.15) is 0 Å². The van der Waals surface area contributed by atoms with Gasteiger partial charge >= 0.3 is 0 Å². The molecular formula is C30H40N6O3. The van der Waals surface area contributed by atoms with Gasteiger partial charge in [0.25, 0.3) is 5.91 Å². The fourth-order valence-electron chi connectivity index (χ4n) is 7.30. The van der Waals surface area contributed by atoms with E-state index < -0.39 is 11.5 Å². The first-order valence-corrected chi connectivity index (χ1v) is 14.2. The number of hydrogen-bond donors (Lipinski definition) is 2. The van der Waals surface area contributed by atoms with Crippen molar-refractivity contribution in [1.82, 2.24) is 19.5 Å². The minimum absolute atomic E-state index is 0.225. The zero-order valence-corrected chi connectivity index (χ0v) is 23.3. The van der Waals surface area contributed by atoms with E-state index in [1.54, 1.807) is 6.20 Å². The lowest BCUT2D eigenvalue weighted by Crippen LogP contribution is -2.51. The van der Waals surface area contributed by atoms with Crippen LogP contribution in [-0.4, -0.2) is 88.3 Å². The standard InChI is InChI=1S/C30H40N6O3/c1-29(2,39)18-34-12-7-20(8-13-34)21-5-6-22-23-16-32-17-24(27(31)37)26(23)36(25(22)15-21)35-11-4-9-30(19-35)10-14-33(3)28(30)38/h5-6,15-17,20,39H,4,7-14,18-19H2,1-3H3,(H2,31,37)/t30-/m1/s1. The maximum absolute atomic E-state index is 13.3. The Morgan fingerprint density at radius 3 is 2.56 bits per heavy atom. The average molecular weight is 533 g/mol. The Labute approximate surface area is 229 Å². The van der Waals surface area contributed by atoms with E-state index in [1.807, 2.05) is 32.0 Å². The Morgan fingerprint density at radius 2 is 1.90 bits per heavy atom. The number of fused-ring (bicyclic) bond motifs is 3. The van der Waals surface area contributed by atoms with Crippen LogP contribution < -0.4 is 10.7 Å². The highest BCUT2D eigenvalue weighted by molar-refractivity contribution is 6.15. The summed E-state index contributed by atoms with van der Waals surface area (Å²) in [6, 6.07) is 6.65. The van der Waals surface area contributed by atoms with E-state index in [9.17, 15) is 14.7 Å². The summed E-state index contributed by atoms with van der Waals surface area (Å²) in [7, 11) is 1.90. The van der Waals surface area contributed by atoms with Crippen LogP contribution in [0, 0.1) is 5.41 Å². The van der Waals surface area contributed by atoms with E-state index in [1.165, 1.54) is 5.56 Å². The Morgan fingerprint density at radius 1 is 1.13 bits per heavy atom. The molecule has 6 rings (SSSR count). The summed E-state index contributed by atoms with van der Waals surface area (Å²) in [5.74, 6) is 0.147. The second kappa shape index (κ2) is 9.48. The maximum atomic E-state index is 13.3. The number of hydrogen-bond acceptors (Lipinski definition) is 6. The van der Waals surface area contributed by atoms with Gasteiger partial charge in [0.15, 0.2) is 0 Å². The van der Waals surface area contributed by atoms with Crippen LogP contribution in [0.1, 0.15) is 67.8 Å². The molecule has 9 nitrogen and oxygen atoms in total. The number of primary amides is 1. The molecule has 1 aromatic carbocycles. The molecule has 3 aromatic rings. The number of nitrogens with two attached hydrogens (primary N) is 1. The molecule has 5 heterocycles. The lowest BCUT2D eigenvalue weighted by atomic mass is 9.79. The number of amides is 2. The SMILES string of the molecule is CN1CC[C@@]2(CCCN(n3c4cc(C5CCN(CC(C)(C)O)CC5)ccc4c4cncc(C(N)=O)c43)C2)C1=O. The molecule has 3 N–H and O–H groups in total. The van der Waals surface area contributed by atoms with Crippen LogP contribution >= 0.6 is 0 Å². The van der Waals surface area contributed by atoms with Gasteiger partial charge in [-0.05, 0) is 76.6 Å². The average Bonchev–Trinajstić information content (AvgIpc) is 3.37. The van der Waals surface area contributed by atoms with Gasteiger partial charge in [-0.3, -0.25) is 19.2 Å². The minimum Gasteiger partial charge on any atom is -0.389 e. The lowest BCUT2D eigenvalue weighted by molar-refractivity contribution is -0.135. The van der Waals surface area contributed by atoms with Crippen molar-refractivity contribution in [3.05, 3.63) is 41.7 Å². The zero-order chi connectivity index (χ0) is 27.5. The molecule has 1 spiro atoms. The molecule has 208 valence electrons. The number of carbonyl (C=O) groups excluding carboxylic acids is 2. The molecule has 1 atom stereocenters.